The molecule has 0 fully saturated rings. The first-order valence-electron chi connectivity index (χ1n) is 7.02. The SMILES string of the molecule is CCCn1nnc(CO)c1COc1ccc(CC)cc1. The second-order valence-corrected chi connectivity index (χ2v) is 4.65. The topological polar surface area (TPSA) is 60.2 Å². The summed E-state index contributed by atoms with van der Waals surface area (Å²) in [5.41, 5.74) is 2.71. The number of aromatic nitrogens is 3. The number of rotatable bonds is 7. The average molecular weight is 275 g/mol. The lowest BCUT2D eigenvalue weighted by atomic mass is 10.2. The summed E-state index contributed by atoms with van der Waals surface area (Å²) in [7, 11) is 0. The van der Waals surface area contributed by atoms with Crippen molar-refractivity contribution in [2.24, 2.45) is 0 Å². The third-order valence-electron chi connectivity index (χ3n) is 3.21. The molecule has 0 unspecified atom stereocenters. The molecule has 2 aromatic rings. The van der Waals surface area contributed by atoms with Crippen LogP contribution in [-0.2, 0) is 26.2 Å². The number of nitrogens with zero attached hydrogens (tertiary/aromatic N) is 3. The van der Waals surface area contributed by atoms with Crippen molar-refractivity contribution in [3.05, 3.63) is 41.2 Å². The Bertz CT molecular complexity index is 535. The largest absolute Gasteiger partial charge is 0.487 e. The Morgan fingerprint density at radius 2 is 1.95 bits per heavy atom. The zero-order valence-corrected chi connectivity index (χ0v) is 12.0. The number of aryl methyl sites for hydroxylation is 2. The van der Waals surface area contributed by atoms with Crippen molar-refractivity contribution in [1.82, 2.24) is 15.0 Å². The van der Waals surface area contributed by atoms with E-state index in [1.54, 1.807) is 4.68 Å². The molecule has 0 atom stereocenters. The maximum atomic E-state index is 9.29. The van der Waals surface area contributed by atoms with E-state index in [2.05, 4.69) is 36.3 Å². The van der Waals surface area contributed by atoms with E-state index in [1.807, 2.05) is 12.1 Å². The molecule has 5 heteroatoms. The standard InChI is InChI=1S/C15H21N3O2/c1-3-9-18-15(14(10-19)16-17-18)11-20-13-7-5-12(4-2)6-8-13/h5-8,19H,3-4,9-11H2,1-2H3. The minimum Gasteiger partial charge on any atom is -0.487 e. The lowest BCUT2D eigenvalue weighted by Crippen LogP contribution is -2.09. The van der Waals surface area contributed by atoms with E-state index in [9.17, 15) is 5.11 Å². The molecule has 1 heterocycles. The molecule has 0 bridgehead atoms. The van der Waals surface area contributed by atoms with Crippen LogP contribution in [0, 0.1) is 0 Å². The van der Waals surface area contributed by atoms with E-state index in [-0.39, 0.29) is 6.61 Å². The number of hydrogen-bond donors (Lipinski definition) is 1. The molecule has 0 saturated heterocycles. The summed E-state index contributed by atoms with van der Waals surface area (Å²) in [5.74, 6) is 0.815. The van der Waals surface area contributed by atoms with Crippen LogP contribution in [0.25, 0.3) is 0 Å². The van der Waals surface area contributed by atoms with Gasteiger partial charge < -0.3 is 9.84 Å². The minimum atomic E-state index is -0.114. The highest BCUT2D eigenvalue weighted by atomic mass is 16.5. The summed E-state index contributed by atoms with van der Waals surface area (Å²) >= 11 is 0. The van der Waals surface area contributed by atoms with Crippen LogP contribution in [0.3, 0.4) is 0 Å². The molecule has 0 aliphatic heterocycles. The zero-order valence-electron chi connectivity index (χ0n) is 12.0. The van der Waals surface area contributed by atoms with Gasteiger partial charge in [0.25, 0.3) is 0 Å². The first kappa shape index (κ1) is 14.5. The van der Waals surface area contributed by atoms with Crippen molar-refractivity contribution in [3.8, 4) is 5.75 Å². The molecular weight excluding hydrogens is 254 g/mol. The predicted octanol–water partition coefficient (Wildman–Crippen LogP) is 2.32. The minimum absolute atomic E-state index is 0.114. The van der Waals surface area contributed by atoms with Crippen LogP contribution in [0.15, 0.2) is 24.3 Å². The summed E-state index contributed by atoms with van der Waals surface area (Å²) in [6.07, 6.45) is 1.98. The smallest absolute Gasteiger partial charge is 0.132 e. The van der Waals surface area contributed by atoms with Gasteiger partial charge in [-0.2, -0.15) is 0 Å². The Hall–Kier alpha value is -1.88. The van der Waals surface area contributed by atoms with Crippen molar-refractivity contribution in [3.63, 3.8) is 0 Å². The van der Waals surface area contributed by atoms with E-state index in [0.29, 0.717) is 12.3 Å². The van der Waals surface area contributed by atoms with Crippen molar-refractivity contribution < 1.29 is 9.84 Å². The van der Waals surface area contributed by atoms with Crippen molar-refractivity contribution in [2.45, 2.75) is 46.4 Å². The first-order valence-corrected chi connectivity index (χ1v) is 7.02. The van der Waals surface area contributed by atoms with E-state index in [1.165, 1.54) is 5.56 Å². The summed E-state index contributed by atoms with van der Waals surface area (Å²) < 4.78 is 7.57. The summed E-state index contributed by atoms with van der Waals surface area (Å²) in [6, 6.07) is 8.05. The van der Waals surface area contributed by atoms with Crippen LogP contribution in [0.2, 0.25) is 0 Å². The molecule has 0 radical (unpaired) electrons. The fourth-order valence-corrected chi connectivity index (χ4v) is 2.01. The highest BCUT2D eigenvalue weighted by Crippen LogP contribution is 2.16. The quantitative estimate of drug-likeness (QED) is 0.842. The van der Waals surface area contributed by atoms with Crippen LogP contribution >= 0.6 is 0 Å². The van der Waals surface area contributed by atoms with Gasteiger partial charge in [-0.3, -0.25) is 0 Å². The fourth-order valence-electron chi connectivity index (χ4n) is 2.01. The summed E-state index contributed by atoms with van der Waals surface area (Å²) in [6.45, 7) is 5.23. The molecule has 1 N–H and O–H groups in total. The number of hydrogen-bond acceptors (Lipinski definition) is 4. The Balaban J connectivity index is 2.06. The van der Waals surface area contributed by atoms with Gasteiger partial charge in [-0.25, -0.2) is 4.68 Å². The van der Waals surface area contributed by atoms with Crippen LogP contribution in [0.1, 0.15) is 37.2 Å². The lowest BCUT2D eigenvalue weighted by Gasteiger charge is -2.09. The van der Waals surface area contributed by atoms with Crippen LogP contribution < -0.4 is 4.74 Å². The van der Waals surface area contributed by atoms with Crippen LogP contribution in [0.4, 0.5) is 0 Å². The van der Waals surface area contributed by atoms with Gasteiger partial charge in [-0.1, -0.05) is 31.2 Å². The molecule has 0 amide bonds. The van der Waals surface area contributed by atoms with E-state index in [0.717, 1.165) is 30.8 Å². The second-order valence-electron chi connectivity index (χ2n) is 4.65. The maximum absolute atomic E-state index is 9.29. The highest BCUT2D eigenvalue weighted by molar-refractivity contribution is 5.27. The molecule has 2 rings (SSSR count). The monoisotopic (exact) mass is 275 g/mol. The molecule has 0 saturated carbocycles. The number of aliphatic hydroxyl groups excluding tert-OH is 1. The van der Waals surface area contributed by atoms with Crippen LogP contribution in [-0.4, -0.2) is 20.1 Å². The number of benzene rings is 1. The third-order valence-corrected chi connectivity index (χ3v) is 3.21. The summed E-state index contributed by atoms with van der Waals surface area (Å²) in [5, 5.41) is 17.3. The molecule has 108 valence electrons. The van der Waals surface area contributed by atoms with Gasteiger partial charge >= 0.3 is 0 Å². The molecule has 1 aromatic heterocycles. The Morgan fingerprint density at radius 3 is 2.55 bits per heavy atom. The molecule has 0 aliphatic rings. The fraction of sp³-hybridized carbons (Fsp3) is 0.467. The van der Waals surface area contributed by atoms with Gasteiger partial charge in [0.05, 0.1) is 6.61 Å². The van der Waals surface area contributed by atoms with Gasteiger partial charge in [0.2, 0.25) is 0 Å². The normalized spacial score (nSPS) is 10.8. The predicted molar refractivity (Wildman–Crippen MR) is 76.4 cm³/mol. The van der Waals surface area contributed by atoms with Gasteiger partial charge in [0.1, 0.15) is 23.7 Å². The van der Waals surface area contributed by atoms with Gasteiger partial charge in [-0.05, 0) is 30.5 Å². The number of ether oxygens (including phenoxy) is 1. The average Bonchev–Trinajstić information content (AvgIpc) is 2.88. The van der Waals surface area contributed by atoms with Gasteiger partial charge in [0.15, 0.2) is 0 Å². The highest BCUT2D eigenvalue weighted by Gasteiger charge is 2.12. The van der Waals surface area contributed by atoms with E-state index < -0.39 is 0 Å². The van der Waals surface area contributed by atoms with Crippen molar-refractivity contribution in [1.29, 1.82) is 0 Å². The molecule has 0 aliphatic carbocycles. The molecule has 1 aromatic carbocycles. The maximum Gasteiger partial charge on any atom is 0.132 e. The zero-order chi connectivity index (χ0) is 14.4. The second kappa shape index (κ2) is 7.05. The van der Waals surface area contributed by atoms with E-state index >= 15 is 0 Å². The molecular formula is C15H21N3O2. The van der Waals surface area contributed by atoms with E-state index in [4.69, 9.17) is 4.74 Å². The number of aliphatic hydroxyl groups is 1. The first-order chi connectivity index (χ1) is 9.78. The Morgan fingerprint density at radius 1 is 1.20 bits per heavy atom. The Labute approximate surface area is 119 Å². The van der Waals surface area contributed by atoms with Gasteiger partial charge in [0, 0.05) is 6.54 Å². The molecule has 0 spiro atoms. The lowest BCUT2D eigenvalue weighted by molar-refractivity contribution is 0.261. The molecule has 20 heavy (non-hydrogen) atoms. The van der Waals surface area contributed by atoms with Gasteiger partial charge in [-0.15, -0.1) is 5.10 Å². The van der Waals surface area contributed by atoms with Crippen molar-refractivity contribution >= 4 is 0 Å². The third kappa shape index (κ3) is 3.36. The molecule has 5 nitrogen and oxygen atoms in total. The van der Waals surface area contributed by atoms with Crippen LogP contribution in [0.5, 0.6) is 5.75 Å². The summed E-state index contributed by atoms with van der Waals surface area (Å²) in [4.78, 5) is 0. The Kier molecular flexibility index (Phi) is 5.12. The van der Waals surface area contributed by atoms with Crippen molar-refractivity contribution in [2.75, 3.05) is 0 Å².